The van der Waals surface area contributed by atoms with Gasteiger partial charge in [-0.1, -0.05) is 48.0 Å². The first-order chi connectivity index (χ1) is 11.2. The molecule has 0 radical (unpaired) electrons. The van der Waals surface area contributed by atoms with Crippen LogP contribution in [0.2, 0.25) is 0 Å². The number of hydrogen-bond acceptors (Lipinski definition) is 3. The van der Waals surface area contributed by atoms with Gasteiger partial charge < -0.3 is 9.47 Å². The number of rotatable bonds is 6. The van der Waals surface area contributed by atoms with Crippen molar-refractivity contribution < 1.29 is 14.3 Å². The Morgan fingerprint density at radius 2 is 1.78 bits per heavy atom. The van der Waals surface area contributed by atoms with Gasteiger partial charge in [0.2, 0.25) is 0 Å². The molecule has 0 saturated carbocycles. The third kappa shape index (κ3) is 4.47. The second-order valence-electron chi connectivity index (χ2n) is 4.67. The number of hydrogen-bond donors (Lipinski definition) is 0. The lowest BCUT2D eigenvalue weighted by molar-refractivity contribution is 0.104. The van der Waals surface area contributed by atoms with E-state index in [4.69, 9.17) is 21.1 Å². The van der Waals surface area contributed by atoms with Gasteiger partial charge >= 0.3 is 0 Å². The van der Waals surface area contributed by atoms with Crippen LogP contribution >= 0.6 is 11.6 Å². The number of ether oxygens (including phenoxy) is 2. The van der Waals surface area contributed by atoms with Crippen LogP contribution in [-0.4, -0.2) is 20.0 Å². The topological polar surface area (TPSA) is 35.5 Å². The molecule has 2 aromatic rings. The molecule has 0 saturated heterocycles. The molecule has 0 amide bonds. The molecule has 2 aromatic carbocycles. The molecule has 3 nitrogen and oxygen atoms in total. The zero-order valence-electron chi connectivity index (χ0n) is 13.0. The molecule has 23 heavy (non-hydrogen) atoms. The van der Waals surface area contributed by atoms with Crippen molar-refractivity contribution in [2.45, 2.75) is 0 Å². The van der Waals surface area contributed by atoms with Gasteiger partial charge in [0.1, 0.15) is 11.5 Å². The minimum absolute atomic E-state index is 0.168. The Morgan fingerprint density at radius 1 is 1.04 bits per heavy atom. The predicted octanol–water partition coefficient (Wildman–Crippen LogP) is 4.72. The molecule has 0 heterocycles. The molecule has 0 atom stereocenters. The lowest BCUT2D eigenvalue weighted by atomic mass is 10.1. The molecule has 0 spiro atoms. The van der Waals surface area contributed by atoms with Crippen molar-refractivity contribution >= 4 is 22.4 Å². The summed E-state index contributed by atoms with van der Waals surface area (Å²) in [6, 6.07) is 14.6. The summed E-state index contributed by atoms with van der Waals surface area (Å²) in [5.41, 5.74) is 1.36. The van der Waals surface area contributed by atoms with Gasteiger partial charge in [-0.2, -0.15) is 0 Å². The summed E-state index contributed by atoms with van der Waals surface area (Å²) in [7, 11) is 3.08. The highest BCUT2D eigenvalue weighted by Crippen LogP contribution is 2.25. The average molecular weight is 329 g/mol. The minimum Gasteiger partial charge on any atom is -0.497 e. The van der Waals surface area contributed by atoms with Crippen LogP contribution in [-0.2, 0) is 0 Å². The number of allylic oxidation sites excluding steroid dienone is 3. The van der Waals surface area contributed by atoms with Gasteiger partial charge in [0.15, 0.2) is 5.78 Å². The number of benzene rings is 2. The number of methoxy groups -OCH3 is 2. The van der Waals surface area contributed by atoms with Gasteiger partial charge in [0.05, 0.1) is 19.8 Å². The van der Waals surface area contributed by atoms with Crippen LogP contribution in [0.1, 0.15) is 15.9 Å². The van der Waals surface area contributed by atoms with Crippen molar-refractivity contribution in [1.82, 2.24) is 0 Å². The maximum Gasteiger partial charge on any atom is 0.189 e. The van der Waals surface area contributed by atoms with E-state index in [2.05, 4.69) is 0 Å². The van der Waals surface area contributed by atoms with E-state index >= 15 is 0 Å². The van der Waals surface area contributed by atoms with Gasteiger partial charge in [-0.25, -0.2) is 0 Å². The number of ketones is 1. The van der Waals surface area contributed by atoms with Crippen molar-refractivity contribution in [2.24, 2.45) is 0 Å². The molecule has 0 bridgehead atoms. The molecule has 0 aliphatic carbocycles. The van der Waals surface area contributed by atoms with E-state index < -0.39 is 0 Å². The van der Waals surface area contributed by atoms with E-state index in [1.54, 1.807) is 37.5 Å². The van der Waals surface area contributed by atoms with Gasteiger partial charge in [-0.15, -0.1) is 0 Å². The van der Waals surface area contributed by atoms with Crippen LogP contribution in [0.5, 0.6) is 11.5 Å². The third-order valence-electron chi connectivity index (χ3n) is 3.21. The van der Waals surface area contributed by atoms with E-state index in [0.29, 0.717) is 22.1 Å². The summed E-state index contributed by atoms with van der Waals surface area (Å²) in [5.74, 6) is 0.935. The molecule has 0 fully saturated rings. The van der Waals surface area contributed by atoms with Crippen molar-refractivity contribution in [2.75, 3.05) is 14.2 Å². The van der Waals surface area contributed by atoms with Crippen LogP contribution in [0.3, 0.4) is 0 Å². The summed E-state index contributed by atoms with van der Waals surface area (Å²) in [6.07, 6.45) is 4.77. The Labute approximate surface area is 140 Å². The molecular formula is C19H17ClO3. The van der Waals surface area contributed by atoms with Crippen molar-refractivity contribution in [3.05, 3.63) is 77.9 Å². The van der Waals surface area contributed by atoms with Crippen LogP contribution in [0, 0.1) is 0 Å². The van der Waals surface area contributed by atoms with Crippen molar-refractivity contribution in [3.63, 3.8) is 0 Å². The van der Waals surface area contributed by atoms with Crippen LogP contribution in [0.25, 0.3) is 5.03 Å². The molecule has 2 rings (SSSR count). The SMILES string of the molecule is COc1ccc(C(=O)C=CC=C(Cl)c2ccccc2)c(OC)c1. The highest BCUT2D eigenvalue weighted by molar-refractivity contribution is 6.48. The van der Waals surface area contributed by atoms with E-state index in [0.717, 1.165) is 5.56 Å². The number of carbonyl (C=O) groups is 1. The molecular weight excluding hydrogens is 312 g/mol. The summed E-state index contributed by atoms with van der Waals surface area (Å²) in [4.78, 5) is 12.3. The third-order valence-corrected chi connectivity index (χ3v) is 3.56. The number of carbonyl (C=O) groups excluding carboxylic acids is 1. The van der Waals surface area contributed by atoms with E-state index in [1.165, 1.54) is 13.2 Å². The second kappa shape index (κ2) is 8.20. The standard InChI is InChI=1S/C19H17ClO3/c1-22-15-11-12-16(19(13-15)23-2)18(21)10-6-9-17(20)14-7-4-3-5-8-14/h3-13H,1-2H3. The molecule has 4 heteroatoms. The first-order valence-corrected chi connectivity index (χ1v) is 7.39. The summed E-state index contributed by atoms with van der Waals surface area (Å²) < 4.78 is 10.3. The largest absolute Gasteiger partial charge is 0.497 e. The smallest absolute Gasteiger partial charge is 0.189 e. The van der Waals surface area contributed by atoms with Gasteiger partial charge in [-0.05, 0) is 29.8 Å². The van der Waals surface area contributed by atoms with Crippen LogP contribution < -0.4 is 9.47 Å². The van der Waals surface area contributed by atoms with Crippen LogP contribution in [0.15, 0.2) is 66.8 Å². The average Bonchev–Trinajstić information content (AvgIpc) is 2.61. The molecule has 118 valence electrons. The summed E-state index contributed by atoms with van der Waals surface area (Å²) in [6.45, 7) is 0. The summed E-state index contributed by atoms with van der Waals surface area (Å²) >= 11 is 6.19. The maximum atomic E-state index is 12.3. The highest BCUT2D eigenvalue weighted by Gasteiger charge is 2.10. The normalized spacial score (nSPS) is 11.5. The number of halogens is 1. The molecule has 0 aliphatic rings. The second-order valence-corrected chi connectivity index (χ2v) is 5.08. The predicted molar refractivity (Wildman–Crippen MR) is 93.3 cm³/mol. The van der Waals surface area contributed by atoms with E-state index in [1.807, 2.05) is 30.3 Å². The van der Waals surface area contributed by atoms with Crippen molar-refractivity contribution in [3.8, 4) is 11.5 Å². The van der Waals surface area contributed by atoms with Gasteiger partial charge in [0, 0.05) is 11.1 Å². The Kier molecular flexibility index (Phi) is 6.01. The van der Waals surface area contributed by atoms with Gasteiger partial charge in [-0.3, -0.25) is 4.79 Å². The van der Waals surface area contributed by atoms with Crippen LogP contribution in [0.4, 0.5) is 0 Å². The quantitative estimate of drug-likeness (QED) is 0.437. The molecule has 0 aliphatic heterocycles. The van der Waals surface area contributed by atoms with Gasteiger partial charge in [0.25, 0.3) is 0 Å². The lowest BCUT2D eigenvalue weighted by Gasteiger charge is -2.07. The Balaban J connectivity index is 2.16. The summed E-state index contributed by atoms with van der Waals surface area (Å²) in [5, 5.41) is 0.566. The fourth-order valence-corrected chi connectivity index (χ4v) is 2.20. The van der Waals surface area contributed by atoms with E-state index in [-0.39, 0.29) is 5.78 Å². The first kappa shape index (κ1) is 16.8. The fourth-order valence-electron chi connectivity index (χ4n) is 2.01. The monoisotopic (exact) mass is 328 g/mol. The Morgan fingerprint density at radius 3 is 2.43 bits per heavy atom. The molecule has 0 N–H and O–H groups in total. The van der Waals surface area contributed by atoms with Crippen molar-refractivity contribution in [1.29, 1.82) is 0 Å². The molecule has 0 unspecified atom stereocenters. The molecule has 0 aromatic heterocycles. The van der Waals surface area contributed by atoms with E-state index in [9.17, 15) is 4.79 Å². The zero-order chi connectivity index (χ0) is 16.7. The highest BCUT2D eigenvalue weighted by atomic mass is 35.5. The maximum absolute atomic E-state index is 12.3. The Bertz CT molecular complexity index is 734. The zero-order valence-corrected chi connectivity index (χ0v) is 13.7. The first-order valence-electron chi connectivity index (χ1n) is 7.01. The minimum atomic E-state index is -0.168. The Hall–Kier alpha value is -2.52. The lowest BCUT2D eigenvalue weighted by Crippen LogP contribution is -1.99. The fraction of sp³-hybridized carbons (Fsp3) is 0.105.